The van der Waals surface area contributed by atoms with Gasteiger partial charge in [0.2, 0.25) is 5.88 Å². The van der Waals surface area contributed by atoms with Crippen LogP contribution >= 0.6 is 0 Å². The number of nitrogens with zero attached hydrogens (tertiary/aromatic N) is 1. The molecule has 1 heterocycles. The lowest BCUT2D eigenvalue weighted by Crippen LogP contribution is -2.19. The average molecular weight is 348 g/mol. The Balaban J connectivity index is 2.02. The molecule has 2 aromatic carbocycles. The van der Waals surface area contributed by atoms with Gasteiger partial charge in [-0.25, -0.2) is 9.78 Å². The molecule has 5 heteroatoms. The van der Waals surface area contributed by atoms with Crippen molar-refractivity contribution in [2.75, 3.05) is 12.4 Å². The number of pyridine rings is 1. The SMILES string of the molecule is COc1nc(C)c(C)c(-c2ccccc2)c1NC(=O)Oc1ccccc1. The number of aryl methyl sites for hydroxylation is 1. The number of carbonyl (C=O) groups is 1. The number of nitrogens with one attached hydrogen (secondary N) is 1. The van der Waals surface area contributed by atoms with Crippen LogP contribution in [0.25, 0.3) is 11.1 Å². The van der Waals surface area contributed by atoms with Crippen LogP contribution in [0, 0.1) is 13.8 Å². The fraction of sp³-hybridized carbons (Fsp3) is 0.143. The molecule has 0 aliphatic rings. The fourth-order valence-electron chi connectivity index (χ4n) is 2.72. The Kier molecular flexibility index (Phi) is 5.17. The lowest BCUT2D eigenvalue weighted by atomic mass is 9.98. The van der Waals surface area contributed by atoms with Crippen molar-refractivity contribution in [1.82, 2.24) is 4.98 Å². The van der Waals surface area contributed by atoms with Gasteiger partial charge in [-0.2, -0.15) is 0 Å². The third kappa shape index (κ3) is 3.67. The molecule has 3 rings (SSSR count). The van der Waals surface area contributed by atoms with E-state index in [1.165, 1.54) is 7.11 Å². The summed E-state index contributed by atoms with van der Waals surface area (Å²) >= 11 is 0. The zero-order valence-electron chi connectivity index (χ0n) is 14.9. The Morgan fingerprint density at radius 1 is 0.962 bits per heavy atom. The van der Waals surface area contributed by atoms with Crippen molar-refractivity contribution in [2.24, 2.45) is 0 Å². The maximum Gasteiger partial charge on any atom is 0.417 e. The topological polar surface area (TPSA) is 60.5 Å². The zero-order valence-corrected chi connectivity index (χ0v) is 14.9. The Bertz CT molecular complexity index is 910. The van der Waals surface area contributed by atoms with E-state index in [2.05, 4.69) is 10.3 Å². The van der Waals surface area contributed by atoms with Crippen LogP contribution in [-0.2, 0) is 0 Å². The molecule has 132 valence electrons. The highest BCUT2D eigenvalue weighted by atomic mass is 16.6. The number of amides is 1. The number of methoxy groups -OCH3 is 1. The summed E-state index contributed by atoms with van der Waals surface area (Å²) in [4.78, 5) is 16.9. The van der Waals surface area contributed by atoms with Crippen molar-refractivity contribution in [3.63, 3.8) is 0 Å². The molecule has 0 aliphatic heterocycles. The Labute approximate surface area is 152 Å². The van der Waals surface area contributed by atoms with E-state index in [0.717, 1.165) is 22.4 Å². The molecule has 5 nitrogen and oxygen atoms in total. The molecule has 1 N–H and O–H groups in total. The van der Waals surface area contributed by atoms with E-state index in [1.807, 2.05) is 50.2 Å². The molecule has 0 saturated carbocycles. The van der Waals surface area contributed by atoms with E-state index in [1.54, 1.807) is 24.3 Å². The van der Waals surface area contributed by atoms with Crippen LogP contribution in [0.4, 0.5) is 10.5 Å². The van der Waals surface area contributed by atoms with Crippen molar-refractivity contribution in [3.05, 3.63) is 71.9 Å². The maximum atomic E-state index is 12.4. The van der Waals surface area contributed by atoms with E-state index in [9.17, 15) is 4.79 Å². The van der Waals surface area contributed by atoms with E-state index < -0.39 is 6.09 Å². The van der Waals surface area contributed by atoms with Gasteiger partial charge in [-0.1, -0.05) is 48.5 Å². The van der Waals surface area contributed by atoms with Crippen LogP contribution in [0.1, 0.15) is 11.3 Å². The van der Waals surface area contributed by atoms with E-state index >= 15 is 0 Å². The normalized spacial score (nSPS) is 10.3. The van der Waals surface area contributed by atoms with Crippen LogP contribution in [0.15, 0.2) is 60.7 Å². The van der Waals surface area contributed by atoms with Crippen LogP contribution in [0.3, 0.4) is 0 Å². The van der Waals surface area contributed by atoms with Crippen LogP contribution < -0.4 is 14.8 Å². The van der Waals surface area contributed by atoms with Gasteiger partial charge in [-0.15, -0.1) is 0 Å². The van der Waals surface area contributed by atoms with Gasteiger partial charge >= 0.3 is 6.09 Å². The zero-order chi connectivity index (χ0) is 18.5. The second kappa shape index (κ2) is 7.70. The van der Waals surface area contributed by atoms with Crippen molar-refractivity contribution in [1.29, 1.82) is 0 Å². The van der Waals surface area contributed by atoms with Crippen molar-refractivity contribution in [2.45, 2.75) is 13.8 Å². The number of para-hydroxylation sites is 1. The molecule has 1 aromatic heterocycles. The summed E-state index contributed by atoms with van der Waals surface area (Å²) in [7, 11) is 1.53. The summed E-state index contributed by atoms with van der Waals surface area (Å²) in [6.07, 6.45) is -0.600. The summed E-state index contributed by atoms with van der Waals surface area (Å²) in [6.45, 7) is 3.88. The number of hydrogen-bond acceptors (Lipinski definition) is 4. The molecule has 0 fully saturated rings. The third-order valence-electron chi connectivity index (χ3n) is 4.09. The summed E-state index contributed by atoms with van der Waals surface area (Å²) in [5.74, 6) is 0.805. The van der Waals surface area contributed by atoms with Crippen LogP contribution in [0.2, 0.25) is 0 Å². The van der Waals surface area contributed by atoms with Gasteiger partial charge in [-0.05, 0) is 37.1 Å². The van der Waals surface area contributed by atoms with Gasteiger partial charge < -0.3 is 9.47 Å². The van der Waals surface area contributed by atoms with E-state index in [-0.39, 0.29) is 0 Å². The van der Waals surface area contributed by atoms with Gasteiger partial charge in [0.15, 0.2) is 0 Å². The Morgan fingerprint density at radius 3 is 2.19 bits per heavy atom. The molecule has 0 unspecified atom stereocenters. The second-order valence-corrected chi connectivity index (χ2v) is 5.78. The lowest BCUT2D eigenvalue weighted by molar-refractivity contribution is 0.215. The summed E-state index contributed by atoms with van der Waals surface area (Å²) in [6, 6.07) is 18.7. The average Bonchev–Trinajstić information content (AvgIpc) is 2.66. The van der Waals surface area contributed by atoms with Crippen LogP contribution in [0.5, 0.6) is 11.6 Å². The highest BCUT2D eigenvalue weighted by molar-refractivity contribution is 5.95. The molecular formula is C21H20N2O3. The number of benzene rings is 2. The van der Waals surface area contributed by atoms with Gasteiger partial charge in [0.25, 0.3) is 0 Å². The standard InChI is InChI=1S/C21H20N2O3/c1-14-15(2)22-20(25-3)19(18(14)16-10-6-4-7-11-16)23-21(24)26-17-12-8-5-9-13-17/h4-13H,1-3H3,(H,23,24). The minimum atomic E-state index is -0.600. The molecule has 0 saturated heterocycles. The van der Waals surface area contributed by atoms with Crippen molar-refractivity contribution < 1.29 is 14.3 Å². The monoisotopic (exact) mass is 348 g/mol. The number of anilines is 1. The Morgan fingerprint density at radius 2 is 1.58 bits per heavy atom. The first-order valence-corrected chi connectivity index (χ1v) is 8.24. The van der Waals surface area contributed by atoms with Gasteiger partial charge in [0, 0.05) is 11.3 Å². The minimum Gasteiger partial charge on any atom is -0.479 e. The highest BCUT2D eigenvalue weighted by Gasteiger charge is 2.20. The number of carbonyl (C=O) groups excluding carboxylic acids is 1. The molecule has 1 amide bonds. The number of rotatable bonds is 4. The first kappa shape index (κ1) is 17.5. The summed E-state index contributed by atoms with van der Waals surface area (Å²) in [5.41, 5.74) is 4.11. The quantitative estimate of drug-likeness (QED) is 0.722. The number of ether oxygens (including phenoxy) is 2. The van der Waals surface area contributed by atoms with E-state index in [0.29, 0.717) is 17.3 Å². The van der Waals surface area contributed by atoms with Crippen LogP contribution in [-0.4, -0.2) is 18.2 Å². The molecule has 0 aliphatic carbocycles. The molecule has 0 atom stereocenters. The molecule has 26 heavy (non-hydrogen) atoms. The van der Waals surface area contributed by atoms with Crippen molar-refractivity contribution in [3.8, 4) is 22.8 Å². The molecule has 0 bridgehead atoms. The molecular weight excluding hydrogens is 328 g/mol. The van der Waals surface area contributed by atoms with Crippen molar-refractivity contribution >= 4 is 11.8 Å². The van der Waals surface area contributed by atoms with Gasteiger partial charge in [0.05, 0.1) is 7.11 Å². The predicted octanol–water partition coefficient (Wildman–Crippen LogP) is 4.98. The largest absolute Gasteiger partial charge is 0.479 e. The maximum absolute atomic E-state index is 12.4. The number of aromatic nitrogens is 1. The predicted molar refractivity (Wildman–Crippen MR) is 102 cm³/mol. The Hall–Kier alpha value is -3.34. The number of hydrogen-bond donors (Lipinski definition) is 1. The highest BCUT2D eigenvalue weighted by Crippen LogP contribution is 2.38. The summed E-state index contributed by atoms with van der Waals surface area (Å²) < 4.78 is 10.8. The van der Waals surface area contributed by atoms with Gasteiger partial charge in [0.1, 0.15) is 11.4 Å². The molecule has 0 radical (unpaired) electrons. The first-order valence-electron chi connectivity index (χ1n) is 8.24. The minimum absolute atomic E-state index is 0.344. The lowest BCUT2D eigenvalue weighted by Gasteiger charge is -2.18. The first-order chi connectivity index (χ1) is 12.6. The molecule has 3 aromatic rings. The molecule has 0 spiro atoms. The third-order valence-corrected chi connectivity index (χ3v) is 4.09. The fourth-order valence-corrected chi connectivity index (χ4v) is 2.72. The van der Waals surface area contributed by atoms with E-state index in [4.69, 9.17) is 9.47 Å². The summed E-state index contributed by atoms with van der Waals surface area (Å²) in [5, 5.41) is 2.80. The smallest absolute Gasteiger partial charge is 0.417 e. The van der Waals surface area contributed by atoms with Gasteiger partial charge in [-0.3, -0.25) is 5.32 Å². The second-order valence-electron chi connectivity index (χ2n) is 5.78.